The van der Waals surface area contributed by atoms with E-state index in [-0.39, 0.29) is 67.8 Å². The Kier molecular flexibility index (Phi) is 14.2. The first-order chi connectivity index (χ1) is 14.4. The molecular weight excluding hydrogens is 439 g/mol. The van der Waals surface area contributed by atoms with E-state index in [9.17, 15) is 13.5 Å². The largest absolute Gasteiger partial charge is 1.00 e. The van der Waals surface area contributed by atoms with E-state index in [1.54, 1.807) is 6.07 Å². The Bertz CT molecular complexity index is 866. The fraction of sp³-hybridized carbons (Fsp3) is 0.500. The summed E-state index contributed by atoms with van der Waals surface area (Å²) in [5.41, 5.74) is 0.862. The molecule has 2 aromatic rings. The molecule has 0 heterocycles. The summed E-state index contributed by atoms with van der Waals surface area (Å²) in [5, 5.41) is 12.3. The van der Waals surface area contributed by atoms with Crippen LogP contribution in [0.3, 0.4) is 0 Å². The molecule has 0 fully saturated rings. The Morgan fingerprint density at radius 1 is 0.839 bits per heavy atom. The second-order valence-electron chi connectivity index (χ2n) is 7.72. The Balaban J connectivity index is 0.00000480. The summed E-state index contributed by atoms with van der Waals surface area (Å²) in [6.45, 7) is 2.23. The van der Waals surface area contributed by atoms with Crippen molar-refractivity contribution in [1.82, 2.24) is 0 Å². The first-order valence-corrected chi connectivity index (χ1v) is 12.4. The van der Waals surface area contributed by atoms with Gasteiger partial charge >= 0.3 is 51.4 Å². The minimum Gasteiger partial charge on any atom is -0.870 e. The van der Waals surface area contributed by atoms with Crippen molar-refractivity contribution in [2.24, 2.45) is 0 Å². The Morgan fingerprint density at radius 2 is 1.39 bits per heavy atom. The third-order valence-corrected chi connectivity index (χ3v) is 6.07. The summed E-state index contributed by atoms with van der Waals surface area (Å²) in [6.07, 6.45) is 13.3. The molecule has 31 heavy (non-hydrogen) atoms. The number of hydrogen-bond acceptors (Lipinski definition) is 4. The standard InChI is InChI=1S/C24H34O5S.K/c1-2-3-4-5-6-7-8-9-10-11-13-20-14-12-15-23(25)24(20)29-21-16-18-22(19-17-21)30(26,27)28;/h12,14-19,25H,2-11,13H2,1H3,(H,26,27,28);/q;+1/p-1. The van der Waals surface area contributed by atoms with Crippen LogP contribution < -0.4 is 61.2 Å². The molecule has 0 amide bonds. The van der Waals surface area contributed by atoms with Crippen molar-refractivity contribution in [2.45, 2.75) is 82.4 Å². The maximum Gasteiger partial charge on any atom is 1.00 e. The van der Waals surface area contributed by atoms with Crippen molar-refractivity contribution in [2.75, 3.05) is 0 Å². The van der Waals surface area contributed by atoms with Gasteiger partial charge in [-0.15, -0.1) is 0 Å². The molecule has 0 atom stereocenters. The molecule has 7 heteroatoms. The van der Waals surface area contributed by atoms with Crippen LogP contribution >= 0.6 is 0 Å². The summed E-state index contributed by atoms with van der Waals surface area (Å²) in [4.78, 5) is -0.212. The van der Waals surface area contributed by atoms with Gasteiger partial charge in [-0.3, -0.25) is 4.55 Å². The monoisotopic (exact) mass is 472 g/mol. The second-order valence-corrected chi connectivity index (χ2v) is 9.15. The third-order valence-electron chi connectivity index (χ3n) is 5.20. The SMILES string of the molecule is CCCCCCCCCCCCc1cccc([O-])c1Oc1ccc(S(=O)(=O)O)cc1.[K+]. The number of hydrogen-bond donors (Lipinski definition) is 1. The molecule has 0 unspecified atom stereocenters. The predicted molar refractivity (Wildman–Crippen MR) is 118 cm³/mol. The van der Waals surface area contributed by atoms with Gasteiger partial charge in [-0.25, -0.2) is 0 Å². The summed E-state index contributed by atoms with van der Waals surface area (Å²) < 4.78 is 37.1. The zero-order valence-electron chi connectivity index (χ0n) is 18.8. The van der Waals surface area contributed by atoms with Crippen molar-refractivity contribution >= 4 is 10.1 Å². The van der Waals surface area contributed by atoms with Crippen LogP contribution in [0.2, 0.25) is 0 Å². The van der Waals surface area contributed by atoms with Gasteiger partial charge in [0.15, 0.2) is 0 Å². The molecule has 0 aliphatic rings. The van der Waals surface area contributed by atoms with Crippen molar-refractivity contribution in [3.63, 3.8) is 0 Å². The number of rotatable bonds is 14. The van der Waals surface area contributed by atoms with Gasteiger partial charge in [-0.05, 0) is 42.7 Å². The zero-order valence-corrected chi connectivity index (χ0v) is 22.7. The van der Waals surface area contributed by atoms with Crippen LogP contribution in [0.4, 0.5) is 0 Å². The van der Waals surface area contributed by atoms with Crippen LogP contribution in [0.1, 0.15) is 76.7 Å². The van der Waals surface area contributed by atoms with Gasteiger partial charge in [0, 0.05) is 0 Å². The molecule has 0 saturated heterocycles. The average molecular weight is 473 g/mol. The number of para-hydroxylation sites is 1. The predicted octanol–water partition coefficient (Wildman–Crippen LogP) is 3.27. The van der Waals surface area contributed by atoms with Crippen LogP contribution in [0.5, 0.6) is 17.2 Å². The number of ether oxygens (including phenoxy) is 1. The minimum absolute atomic E-state index is 0. The average Bonchev–Trinajstić information content (AvgIpc) is 2.71. The maximum atomic E-state index is 12.3. The molecule has 166 valence electrons. The van der Waals surface area contributed by atoms with Crippen LogP contribution in [0.15, 0.2) is 47.4 Å². The van der Waals surface area contributed by atoms with Gasteiger partial charge < -0.3 is 9.84 Å². The van der Waals surface area contributed by atoms with Crippen LogP contribution in [-0.2, 0) is 16.5 Å². The Morgan fingerprint density at radius 3 is 1.94 bits per heavy atom. The molecule has 2 rings (SSSR count). The second kappa shape index (κ2) is 15.4. The van der Waals surface area contributed by atoms with Crippen molar-refractivity contribution in [1.29, 1.82) is 0 Å². The van der Waals surface area contributed by atoms with E-state index in [0.717, 1.165) is 24.8 Å². The molecule has 1 N–H and O–H groups in total. The normalized spacial score (nSPS) is 11.2. The molecule has 2 aromatic carbocycles. The van der Waals surface area contributed by atoms with E-state index in [4.69, 9.17) is 9.29 Å². The van der Waals surface area contributed by atoms with Gasteiger partial charge in [0.05, 0.1) is 4.90 Å². The van der Waals surface area contributed by atoms with E-state index in [2.05, 4.69) is 6.92 Å². The van der Waals surface area contributed by atoms with Gasteiger partial charge in [0.2, 0.25) is 0 Å². The summed E-state index contributed by atoms with van der Waals surface area (Å²) in [6, 6.07) is 10.5. The van der Waals surface area contributed by atoms with E-state index < -0.39 is 10.1 Å². The van der Waals surface area contributed by atoms with Crippen molar-refractivity contribution < 1.29 is 74.2 Å². The van der Waals surface area contributed by atoms with E-state index in [1.807, 2.05) is 6.07 Å². The maximum absolute atomic E-state index is 12.3. The number of unbranched alkanes of at least 4 members (excludes halogenated alkanes) is 9. The molecule has 0 aliphatic heterocycles. The first kappa shape index (κ1) is 28.6. The van der Waals surface area contributed by atoms with E-state index in [1.165, 1.54) is 81.7 Å². The van der Waals surface area contributed by atoms with E-state index >= 15 is 0 Å². The molecule has 0 bridgehead atoms. The van der Waals surface area contributed by atoms with Gasteiger partial charge in [0.25, 0.3) is 10.1 Å². The van der Waals surface area contributed by atoms with Gasteiger partial charge in [-0.2, -0.15) is 8.42 Å². The molecule has 5 nitrogen and oxygen atoms in total. The first-order valence-electron chi connectivity index (χ1n) is 11.0. The molecule has 0 spiro atoms. The zero-order chi connectivity index (χ0) is 21.8. The smallest absolute Gasteiger partial charge is 0.870 e. The third kappa shape index (κ3) is 10.8. The van der Waals surface area contributed by atoms with Crippen LogP contribution in [-0.4, -0.2) is 13.0 Å². The molecule has 0 aromatic heterocycles. The Labute approximate surface area is 229 Å². The van der Waals surface area contributed by atoms with Crippen molar-refractivity contribution in [3.05, 3.63) is 48.0 Å². The van der Waals surface area contributed by atoms with Gasteiger partial charge in [0.1, 0.15) is 11.5 Å². The number of aryl methyl sites for hydroxylation is 1. The van der Waals surface area contributed by atoms with Crippen molar-refractivity contribution in [3.8, 4) is 17.2 Å². The van der Waals surface area contributed by atoms with E-state index in [0.29, 0.717) is 5.75 Å². The molecule has 0 aliphatic carbocycles. The van der Waals surface area contributed by atoms with Crippen LogP contribution in [0, 0.1) is 0 Å². The minimum atomic E-state index is -4.25. The Hall–Kier alpha value is -0.414. The molecule has 0 saturated carbocycles. The number of benzene rings is 2. The van der Waals surface area contributed by atoms with Gasteiger partial charge in [-0.1, -0.05) is 88.7 Å². The quantitative estimate of drug-likeness (QED) is 0.259. The summed E-state index contributed by atoms with van der Waals surface area (Å²) >= 11 is 0. The molecular formula is C24H33KO5S. The molecule has 0 radical (unpaired) electrons. The topological polar surface area (TPSA) is 86.7 Å². The fourth-order valence-corrected chi connectivity index (χ4v) is 3.95. The summed E-state index contributed by atoms with van der Waals surface area (Å²) in [7, 11) is -4.25. The van der Waals surface area contributed by atoms with Crippen LogP contribution in [0.25, 0.3) is 0 Å². The fourth-order valence-electron chi connectivity index (χ4n) is 3.47. The summed E-state index contributed by atoms with van der Waals surface area (Å²) in [5.74, 6) is 0.446.